The van der Waals surface area contributed by atoms with Gasteiger partial charge in [-0.15, -0.1) is 0 Å². The van der Waals surface area contributed by atoms with E-state index in [4.69, 9.17) is 21.4 Å². The van der Waals surface area contributed by atoms with Crippen molar-refractivity contribution in [3.63, 3.8) is 0 Å². The smallest absolute Gasteiger partial charge is 0.317 e. The number of carbonyl (C=O) groups excluding carboxylic acids is 1. The number of hydrogen-bond donors (Lipinski definition) is 2. The number of urea groups is 1. The molecule has 0 aliphatic carbocycles. The maximum absolute atomic E-state index is 12.2. The van der Waals surface area contributed by atoms with E-state index in [0.717, 1.165) is 12.8 Å². The van der Waals surface area contributed by atoms with E-state index in [9.17, 15) is 4.79 Å². The van der Waals surface area contributed by atoms with Crippen LogP contribution < -0.4 is 10.1 Å². The zero-order valence-electron chi connectivity index (χ0n) is 12.8. The molecule has 2 amide bonds. The van der Waals surface area contributed by atoms with E-state index in [1.807, 2.05) is 25.1 Å². The Morgan fingerprint density at radius 3 is 3.05 bits per heavy atom. The topological polar surface area (TPSA) is 61.8 Å². The van der Waals surface area contributed by atoms with E-state index in [1.165, 1.54) is 0 Å². The molecule has 0 radical (unpaired) electrons. The first kappa shape index (κ1) is 16.9. The zero-order chi connectivity index (χ0) is 15.9. The van der Waals surface area contributed by atoms with Crippen LogP contribution in [0.4, 0.5) is 4.79 Å². The van der Waals surface area contributed by atoms with E-state index >= 15 is 0 Å². The molecule has 1 aliphatic heterocycles. The third kappa shape index (κ3) is 4.78. The maximum atomic E-state index is 12.2. The summed E-state index contributed by atoms with van der Waals surface area (Å²) in [5.41, 5.74) is 0. The predicted octanol–water partition coefficient (Wildman–Crippen LogP) is 2.66. The second-order valence-electron chi connectivity index (χ2n) is 5.62. The quantitative estimate of drug-likeness (QED) is 0.845. The molecule has 6 heteroatoms. The first-order valence-corrected chi connectivity index (χ1v) is 8.05. The van der Waals surface area contributed by atoms with Crippen molar-refractivity contribution >= 4 is 17.6 Å². The van der Waals surface area contributed by atoms with Gasteiger partial charge in [0.2, 0.25) is 0 Å². The minimum absolute atomic E-state index is 0.0293. The summed E-state index contributed by atoms with van der Waals surface area (Å²) in [5, 5.41) is 12.3. The number of para-hydroxylation sites is 1. The minimum atomic E-state index is -0.0734. The number of aliphatic hydroxyl groups is 1. The van der Waals surface area contributed by atoms with Crippen LogP contribution in [0.15, 0.2) is 24.3 Å². The number of hydrogen-bond acceptors (Lipinski definition) is 3. The van der Waals surface area contributed by atoms with Crippen molar-refractivity contribution in [3.05, 3.63) is 29.3 Å². The van der Waals surface area contributed by atoms with Crippen molar-refractivity contribution in [1.29, 1.82) is 0 Å². The highest BCUT2D eigenvalue weighted by molar-refractivity contribution is 6.32. The lowest BCUT2D eigenvalue weighted by molar-refractivity contribution is 0.184. The zero-order valence-corrected chi connectivity index (χ0v) is 13.6. The number of rotatable bonds is 6. The fourth-order valence-electron chi connectivity index (χ4n) is 2.50. The molecule has 0 saturated carbocycles. The highest BCUT2D eigenvalue weighted by Gasteiger charge is 2.28. The molecule has 2 N–H and O–H groups in total. The normalized spacial score (nSPS) is 19.0. The molecule has 22 heavy (non-hydrogen) atoms. The Hall–Kier alpha value is -1.46. The summed E-state index contributed by atoms with van der Waals surface area (Å²) in [6.07, 6.45) is 2.23. The van der Waals surface area contributed by atoms with E-state index in [1.54, 1.807) is 11.0 Å². The molecule has 5 nitrogen and oxygen atoms in total. The van der Waals surface area contributed by atoms with Crippen molar-refractivity contribution in [2.24, 2.45) is 0 Å². The molecule has 2 rings (SSSR count). The fourth-order valence-corrected chi connectivity index (χ4v) is 2.68. The van der Waals surface area contributed by atoms with Gasteiger partial charge in [-0.05, 0) is 31.9 Å². The van der Waals surface area contributed by atoms with Gasteiger partial charge in [0.25, 0.3) is 0 Å². The van der Waals surface area contributed by atoms with Gasteiger partial charge in [0, 0.05) is 25.6 Å². The number of amides is 2. The van der Waals surface area contributed by atoms with Crippen LogP contribution in [0.3, 0.4) is 0 Å². The largest absolute Gasteiger partial charge is 0.487 e. The van der Waals surface area contributed by atoms with Gasteiger partial charge in [0.15, 0.2) is 0 Å². The second-order valence-corrected chi connectivity index (χ2v) is 6.03. The Balaban J connectivity index is 1.80. The summed E-state index contributed by atoms with van der Waals surface area (Å²) < 4.78 is 5.87. The Bertz CT molecular complexity index is 498. The number of aliphatic hydroxyl groups excluding tert-OH is 1. The van der Waals surface area contributed by atoms with Crippen molar-refractivity contribution < 1.29 is 14.6 Å². The van der Waals surface area contributed by atoms with Gasteiger partial charge in [-0.25, -0.2) is 4.79 Å². The Kier molecular flexibility index (Phi) is 6.34. The van der Waals surface area contributed by atoms with Crippen LogP contribution in [-0.4, -0.2) is 47.9 Å². The number of benzene rings is 1. The van der Waals surface area contributed by atoms with Crippen LogP contribution in [0.1, 0.15) is 26.2 Å². The van der Waals surface area contributed by atoms with Crippen LogP contribution in [0.25, 0.3) is 0 Å². The third-order valence-corrected chi connectivity index (χ3v) is 4.04. The van der Waals surface area contributed by atoms with Crippen molar-refractivity contribution in [3.8, 4) is 5.75 Å². The van der Waals surface area contributed by atoms with Gasteiger partial charge >= 0.3 is 6.03 Å². The Morgan fingerprint density at radius 1 is 1.55 bits per heavy atom. The monoisotopic (exact) mass is 326 g/mol. The Morgan fingerprint density at radius 2 is 2.32 bits per heavy atom. The second kappa shape index (κ2) is 8.25. The first-order valence-electron chi connectivity index (χ1n) is 7.67. The van der Waals surface area contributed by atoms with Crippen LogP contribution in [-0.2, 0) is 0 Å². The predicted molar refractivity (Wildman–Crippen MR) is 86.4 cm³/mol. The number of ether oxygens (including phenoxy) is 1. The van der Waals surface area contributed by atoms with Crippen LogP contribution in [0.5, 0.6) is 5.75 Å². The number of halogens is 1. The average molecular weight is 327 g/mol. The highest BCUT2D eigenvalue weighted by Crippen LogP contribution is 2.26. The Labute approximate surface area is 136 Å². The summed E-state index contributed by atoms with van der Waals surface area (Å²) in [5.74, 6) is 0.660. The van der Waals surface area contributed by atoms with Gasteiger partial charge in [0.05, 0.1) is 11.6 Å². The lowest BCUT2D eigenvalue weighted by atomic mass is 10.2. The summed E-state index contributed by atoms with van der Waals surface area (Å²) in [6, 6.07) is 7.35. The van der Waals surface area contributed by atoms with Crippen LogP contribution >= 0.6 is 11.6 Å². The number of likely N-dealkylation sites (tertiary alicyclic amines) is 1. The lowest BCUT2D eigenvalue weighted by Crippen LogP contribution is -2.43. The number of carbonyl (C=O) groups is 1. The number of nitrogens with one attached hydrogen (secondary N) is 1. The average Bonchev–Trinajstić information content (AvgIpc) is 2.96. The van der Waals surface area contributed by atoms with Crippen molar-refractivity contribution in [2.75, 3.05) is 19.7 Å². The highest BCUT2D eigenvalue weighted by atomic mass is 35.5. The molecule has 0 aromatic heterocycles. The van der Waals surface area contributed by atoms with Crippen LogP contribution in [0.2, 0.25) is 5.02 Å². The first-order chi connectivity index (χ1) is 10.6. The summed E-state index contributed by atoms with van der Waals surface area (Å²) in [6.45, 7) is 3.33. The summed E-state index contributed by atoms with van der Waals surface area (Å²) in [7, 11) is 0. The molecule has 1 aliphatic rings. The molecule has 1 aromatic carbocycles. The van der Waals surface area contributed by atoms with E-state index in [-0.39, 0.29) is 24.8 Å². The van der Waals surface area contributed by atoms with E-state index in [0.29, 0.717) is 30.3 Å². The number of nitrogens with zero attached hydrogens (tertiary/aromatic N) is 1. The van der Waals surface area contributed by atoms with Gasteiger partial charge in [-0.2, -0.15) is 0 Å². The molecule has 122 valence electrons. The molecule has 0 spiro atoms. The summed E-state index contributed by atoms with van der Waals surface area (Å²) in [4.78, 5) is 13.9. The standard InChI is InChI=1S/C16H23ClN2O3/c1-12(5-4-10-20)18-16(21)19-9-8-13(11-19)22-15-7-3-2-6-14(15)17/h2-3,6-7,12-13,20H,4-5,8-11H2,1H3,(H,18,21). The molecule has 0 bridgehead atoms. The van der Waals surface area contributed by atoms with Crippen molar-refractivity contribution in [1.82, 2.24) is 10.2 Å². The summed E-state index contributed by atoms with van der Waals surface area (Å²) >= 11 is 6.08. The molecule has 2 unspecified atom stereocenters. The van der Waals surface area contributed by atoms with E-state index in [2.05, 4.69) is 5.32 Å². The molecule has 1 aromatic rings. The lowest BCUT2D eigenvalue weighted by Gasteiger charge is -2.21. The molecular weight excluding hydrogens is 304 g/mol. The van der Waals surface area contributed by atoms with Gasteiger partial charge < -0.3 is 20.1 Å². The third-order valence-electron chi connectivity index (χ3n) is 3.73. The molecule has 2 atom stereocenters. The van der Waals surface area contributed by atoms with E-state index < -0.39 is 0 Å². The molecule has 1 saturated heterocycles. The SMILES string of the molecule is CC(CCCO)NC(=O)N1CCC(Oc2ccccc2Cl)C1. The molecular formula is C16H23ClN2O3. The maximum Gasteiger partial charge on any atom is 0.317 e. The molecule has 1 heterocycles. The van der Waals surface area contributed by atoms with Gasteiger partial charge in [-0.3, -0.25) is 0 Å². The van der Waals surface area contributed by atoms with Gasteiger partial charge in [-0.1, -0.05) is 23.7 Å². The minimum Gasteiger partial charge on any atom is -0.487 e. The van der Waals surface area contributed by atoms with Crippen LogP contribution in [0, 0.1) is 0 Å². The van der Waals surface area contributed by atoms with Gasteiger partial charge in [0.1, 0.15) is 11.9 Å². The van der Waals surface area contributed by atoms with Crippen molar-refractivity contribution in [2.45, 2.75) is 38.3 Å². The fraction of sp³-hybridized carbons (Fsp3) is 0.562. The molecule has 1 fully saturated rings.